The Bertz CT molecular complexity index is 1100. The van der Waals surface area contributed by atoms with Crippen molar-refractivity contribution in [3.8, 4) is 0 Å². The van der Waals surface area contributed by atoms with Crippen LogP contribution in [0.1, 0.15) is 43.0 Å². The average Bonchev–Trinajstić information content (AvgIpc) is 3.28. The Labute approximate surface area is 172 Å². The molecular weight excluding hydrogens is 385 g/mol. The van der Waals surface area contributed by atoms with E-state index in [9.17, 15) is 9.18 Å². The number of H-pyrrole nitrogens is 1. The van der Waals surface area contributed by atoms with Gasteiger partial charge in [0.1, 0.15) is 6.33 Å². The van der Waals surface area contributed by atoms with E-state index in [-0.39, 0.29) is 17.9 Å². The first-order chi connectivity index (χ1) is 14.4. The lowest BCUT2D eigenvalue weighted by atomic mass is 10.0. The molecule has 0 bridgehead atoms. The topological polar surface area (TPSA) is 98.8 Å². The largest absolute Gasteiger partial charge is 0.335 e. The molecule has 0 unspecified atom stereocenters. The number of benzene rings is 1. The second-order valence-electron chi connectivity index (χ2n) is 8.22. The van der Waals surface area contributed by atoms with Crippen LogP contribution in [0.5, 0.6) is 0 Å². The summed E-state index contributed by atoms with van der Waals surface area (Å²) in [5.74, 6) is 0.295. The number of aromatic amines is 1. The fourth-order valence-corrected chi connectivity index (χ4v) is 4.12. The minimum Gasteiger partial charge on any atom is -0.335 e. The average molecular weight is 407 g/mol. The lowest BCUT2D eigenvalue weighted by Gasteiger charge is -2.32. The zero-order chi connectivity index (χ0) is 20.9. The molecule has 0 radical (unpaired) electrons. The van der Waals surface area contributed by atoms with Crippen LogP contribution in [0.15, 0.2) is 42.9 Å². The van der Waals surface area contributed by atoms with E-state index in [0.717, 1.165) is 23.9 Å². The zero-order valence-electron chi connectivity index (χ0n) is 16.7. The highest BCUT2D eigenvalue weighted by Gasteiger charge is 2.46. The minimum absolute atomic E-state index is 0.0451. The van der Waals surface area contributed by atoms with Crippen LogP contribution in [0.25, 0.3) is 0 Å². The maximum absolute atomic E-state index is 13.9. The fourth-order valence-electron chi connectivity index (χ4n) is 4.12. The molecule has 9 heteroatoms. The molecule has 5 rings (SSSR count). The lowest BCUT2D eigenvalue weighted by Crippen LogP contribution is -2.47. The molecule has 3 aromatic rings. The van der Waals surface area contributed by atoms with Crippen molar-refractivity contribution < 1.29 is 9.18 Å². The van der Waals surface area contributed by atoms with Gasteiger partial charge in [-0.15, -0.1) is 0 Å². The molecule has 1 fully saturated rings. The van der Waals surface area contributed by atoms with Gasteiger partial charge in [0.15, 0.2) is 17.5 Å². The smallest absolute Gasteiger partial charge is 0.318 e. The predicted octanol–water partition coefficient (Wildman–Crippen LogP) is 3.40. The van der Waals surface area contributed by atoms with Crippen LogP contribution in [-0.4, -0.2) is 37.1 Å². The third-order valence-corrected chi connectivity index (χ3v) is 5.95. The number of urea groups is 1. The third-order valence-electron chi connectivity index (χ3n) is 5.95. The summed E-state index contributed by atoms with van der Waals surface area (Å²) in [7, 11) is 0. The van der Waals surface area contributed by atoms with Crippen LogP contribution < -0.4 is 10.6 Å². The Morgan fingerprint density at radius 3 is 2.83 bits per heavy atom. The maximum Gasteiger partial charge on any atom is 0.318 e. The molecule has 1 aromatic carbocycles. The number of carbonyl (C=O) groups excluding carboxylic acids is 1. The molecule has 2 atom stereocenters. The molecular formula is C21H22FN7O. The molecule has 1 saturated carbocycles. The Kier molecular flexibility index (Phi) is 4.19. The molecule has 2 aromatic heterocycles. The van der Waals surface area contributed by atoms with Gasteiger partial charge in [0.2, 0.25) is 0 Å². The first-order valence-corrected chi connectivity index (χ1v) is 9.88. The molecule has 2 amide bonds. The number of amides is 2. The number of fused-ring (bicyclic) bond motifs is 1. The molecule has 30 heavy (non-hydrogen) atoms. The van der Waals surface area contributed by atoms with Gasteiger partial charge in [-0.3, -0.25) is 5.10 Å². The maximum atomic E-state index is 13.9. The number of nitrogens with zero attached hydrogens (tertiary/aromatic N) is 4. The van der Waals surface area contributed by atoms with E-state index < -0.39 is 11.4 Å². The Morgan fingerprint density at radius 2 is 2.07 bits per heavy atom. The lowest BCUT2D eigenvalue weighted by molar-refractivity contribution is 0.142. The molecule has 0 spiro atoms. The van der Waals surface area contributed by atoms with Crippen molar-refractivity contribution in [2.45, 2.75) is 44.3 Å². The summed E-state index contributed by atoms with van der Waals surface area (Å²) in [5.41, 5.74) is 2.32. The van der Waals surface area contributed by atoms with Crippen molar-refractivity contribution in [2.75, 3.05) is 5.32 Å². The van der Waals surface area contributed by atoms with E-state index in [4.69, 9.17) is 0 Å². The number of hydrogen-bond acceptors (Lipinski definition) is 5. The van der Waals surface area contributed by atoms with Crippen LogP contribution in [0.3, 0.4) is 0 Å². The van der Waals surface area contributed by atoms with Gasteiger partial charge in [0.25, 0.3) is 0 Å². The predicted molar refractivity (Wildman–Crippen MR) is 109 cm³/mol. The van der Waals surface area contributed by atoms with Gasteiger partial charge in [-0.2, -0.15) is 5.10 Å². The Balaban J connectivity index is 1.31. The van der Waals surface area contributed by atoms with Crippen molar-refractivity contribution in [3.63, 3.8) is 0 Å². The molecule has 3 heterocycles. The van der Waals surface area contributed by atoms with Crippen LogP contribution >= 0.6 is 0 Å². The summed E-state index contributed by atoms with van der Waals surface area (Å²) >= 11 is 0. The number of carbonyl (C=O) groups is 1. The number of aromatic nitrogens is 4. The number of nitrogens with one attached hydrogen (secondary N) is 3. The highest BCUT2D eigenvalue weighted by molar-refractivity contribution is 5.78. The van der Waals surface area contributed by atoms with Crippen molar-refractivity contribution in [3.05, 3.63) is 65.5 Å². The molecule has 8 nitrogen and oxygen atoms in total. The van der Waals surface area contributed by atoms with E-state index in [0.29, 0.717) is 18.3 Å². The SMILES string of the molecule is CC1(C)c2[nH]nc(Nc3ncncc3F)c2CN1C(=O)N[C@@H]1C[C@H]1c1ccccc1. The van der Waals surface area contributed by atoms with Crippen LogP contribution in [0.4, 0.5) is 20.8 Å². The summed E-state index contributed by atoms with van der Waals surface area (Å²) in [4.78, 5) is 22.4. The van der Waals surface area contributed by atoms with Gasteiger partial charge in [0, 0.05) is 17.5 Å². The van der Waals surface area contributed by atoms with Gasteiger partial charge in [-0.1, -0.05) is 30.3 Å². The number of rotatable bonds is 4. The quantitative estimate of drug-likeness (QED) is 0.616. The first-order valence-electron chi connectivity index (χ1n) is 9.88. The summed E-state index contributed by atoms with van der Waals surface area (Å²) in [6, 6.07) is 10.2. The van der Waals surface area contributed by atoms with Gasteiger partial charge in [-0.05, 0) is 25.8 Å². The molecule has 1 aliphatic carbocycles. The second-order valence-corrected chi connectivity index (χ2v) is 8.22. The van der Waals surface area contributed by atoms with Crippen LogP contribution in [0, 0.1) is 5.82 Å². The number of hydrogen-bond donors (Lipinski definition) is 3. The fraction of sp³-hybridized carbons (Fsp3) is 0.333. The molecule has 154 valence electrons. The van der Waals surface area contributed by atoms with Crippen LogP contribution in [0.2, 0.25) is 0 Å². The summed E-state index contributed by atoms with van der Waals surface area (Å²) < 4.78 is 13.9. The summed E-state index contributed by atoms with van der Waals surface area (Å²) in [6.45, 7) is 4.29. The van der Waals surface area contributed by atoms with E-state index in [2.05, 4.69) is 42.9 Å². The van der Waals surface area contributed by atoms with Gasteiger partial charge < -0.3 is 15.5 Å². The van der Waals surface area contributed by atoms with Crippen molar-refractivity contribution in [1.82, 2.24) is 30.4 Å². The van der Waals surface area contributed by atoms with Gasteiger partial charge in [0.05, 0.1) is 24.0 Å². The van der Waals surface area contributed by atoms with Crippen LogP contribution in [-0.2, 0) is 12.1 Å². The standard InChI is InChI=1S/C21H22FN7O/c1-21(2)17-14(18(28-27-17)26-19-15(22)9-23-11-24-19)10-29(21)20(30)25-16-8-13(16)12-6-4-3-5-7-12/h3-7,9,11,13,16H,8,10H2,1-2H3,(H,25,30)(H2,23,24,26,27,28)/t13-,16+/m0/s1. The third kappa shape index (κ3) is 3.06. The molecule has 1 aliphatic heterocycles. The van der Waals surface area contributed by atoms with Crippen molar-refractivity contribution >= 4 is 17.7 Å². The zero-order valence-corrected chi connectivity index (χ0v) is 16.7. The normalized spacial score (nSPS) is 21.2. The highest BCUT2D eigenvalue weighted by atomic mass is 19.1. The number of anilines is 2. The van der Waals surface area contributed by atoms with Gasteiger partial charge >= 0.3 is 6.03 Å². The molecule has 2 aliphatic rings. The first kappa shape index (κ1) is 18.5. The number of halogens is 1. The Morgan fingerprint density at radius 1 is 1.27 bits per heavy atom. The molecule has 3 N–H and O–H groups in total. The van der Waals surface area contributed by atoms with Crippen molar-refractivity contribution in [1.29, 1.82) is 0 Å². The highest BCUT2D eigenvalue weighted by Crippen LogP contribution is 2.43. The van der Waals surface area contributed by atoms with E-state index in [1.165, 1.54) is 11.9 Å². The summed E-state index contributed by atoms with van der Waals surface area (Å²) in [5, 5.41) is 13.3. The van der Waals surface area contributed by atoms with Crippen molar-refractivity contribution in [2.24, 2.45) is 0 Å². The summed E-state index contributed by atoms with van der Waals surface area (Å²) in [6.07, 6.45) is 3.29. The van der Waals surface area contributed by atoms with Gasteiger partial charge in [-0.25, -0.2) is 19.2 Å². The molecule has 0 saturated heterocycles. The Hall–Kier alpha value is -3.49. The van der Waals surface area contributed by atoms with E-state index in [1.807, 2.05) is 32.0 Å². The second kappa shape index (κ2) is 6.79. The van der Waals surface area contributed by atoms with E-state index in [1.54, 1.807) is 4.90 Å². The minimum atomic E-state index is -0.576. The van der Waals surface area contributed by atoms with E-state index >= 15 is 0 Å². The monoisotopic (exact) mass is 407 g/mol.